The van der Waals surface area contributed by atoms with Gasteiger partial charge in [0.2, 0.25) is 6.41 Å². The zero-order valence-corrected chi connectivity index (χ0v) is 10.8. The van der Waals surface area contributed by atoms with Crippen LogP contribution in [0.15, 0.2) is 36.5 Å². The van der Waals surface area contributed by atoms with Crippen LogP contribution in [0, 0.1) is 12.7 Å². The maximum Gasteiger partial charge on any atom is 0.211 e. The van der Waals surface area contributed by atoms with E-state index in [1.54, 1.807) is 12.3 Å². The Kier molecular flexibility index (Phi) is 2.95. The third-order valence-corrected chi connectivity index (χ3v) is 3.17. The Morgan fingerprint density at radius 1 is 1.30 bits per heavy atom. The van der Waals surface area contributed by atoms with Crippen LogP contribution in [-0.4, -0.2) is 16.4 Å². The second kappa shape index (κ2) is 4.77. The van der Waals surface area contributed by atoms with Crippen molar-refractivity contribution in [3.8, 4) is 11.3 Å². The number of carbonyl (C=O) groups is 1. The first-order valence-corrected chi connectivity index (χ1v) is 6.13. The zero-order chi connectivity index (χ0) is 14.1. The molecule has 20 heavy (non-hydrogen) atoms. The van der Waals surface area contributed by atoms with E-state index in [0.29, 0.717) is 12.1 Å². The summed E-state index contributed by atoms with van der Waals surface area (Å²) in [6, 6.07) is 8.42. The van der Waals surface area contributed by atoms with Gasteiger partial charge in [-0.2, -0.15) is 0 Å². The number of rotatable bonds is 3. The van der Waals surface area contributed by atoms with Gasteiger partial charge in [-0.25, -0.2) is 9.37 Å². The largest absolute Gasteiger partial charge is 0.339 e. The molecule has 0 aliphatic rings. The third-order valence-electron chi connectivity index (χ3n) is 3.17. The van der Waals surface area contributed by atoms with Gasteiger partial charge < -0.3 is 10.3 Å². The van der Waals surface area contributed by atoms with Crippen LogP contribution in [0.5, 0.6) is 0 Å². The molecule has 1 amide bonds. The van der Waals surface area contributed by atoms with Gasteiger partial charge in [0.25, 0.3) is 0 Å². The van der Waals surface area contributed by atoms with Crippen LogP contribution in [0.4, 0.5) is 10.1 Å². The summed E-state index contributed by atoms with van der Waals surface area (Å²) in [5, 5.41) is 3.45. The van der Waals surface area contributed by atoms with Crippen molar-refractivity contribution in [3.05, 3.63) is 47.9 Å². The lowest BCUT2D eigenvalue weighted by Crippen LogP contribution is -1.93. The fourth-order valence-corrected chi connectivity index (χ4v) is 2.24. The minimum absolute atomic E-state index is 0.252. The average Bonchev–Trinajstić information content (AvgIpc) is 2.81. The Labute approximate surface area is 114 Å². The van der Waals surface area contributed by atoms with Gasteiger partial charge in [0.05, 0.1) is 11.9 Å². The van der Waals surface area contributed by atoms with E-state index in [-0.39, 0.29) is 5.82 Å². The second-order valence-corrected chi connectivity index (χ2v) is 4.57. The van der Waals surface area contributed by atoms with E-state index in [9.17, 15) is 9.18 Å². The topological polar surface area (TPSA) is 57.8 Å². The fraction of sp³-hybridized carbons (Fsp3) is 0.0667. The first-order chi connectivity index (χ1) is 9.67. The summed E-state index contributed by atoms with van der Waals surface area (Å²) in [5.41, 5.74) is 4.00. The summed E-state index contributed by atoms with van der Waals surface area (Å²) in [4.78, 5) is 17.9. The Balaban J connectivity index is 2.10. The molecular weight excluding hydrogens is 257 g/mol. The highest BCUT2D eigenvalue weighted by molar-refractivity contribution is 5.87. The molecule has 2 heterocycles. The fourth-order valence-electron chi connectivity index (χ4n) is 2.24. The number of H-pyrrole nitrogens is 1. The van der Waals surface area contributed by atoms with Gasteiger partial charge in [-0.1, -0.05) is 0 Å². The first kappa shape index (κ1) is 12.3. The number of anilines is 1. The molecule has 0 aliphatic carbocycles. The molecule has 0 bridgehead atoms. The standard InChI is InChI=1S/C15H12FN3O/c1-9-4-11(16)2-3-13(9)14-6-10-5-12(18-8-20)7-17-15(10)19-14/h2-8H,1H3,(H,17,19)(H,18,20). The van der Waals surface area contributed by atoms with E-state index in [1.807, 2.05) is 19.1 Å². The number of aromatic nitrogens is 2. The molecule has 0 atom stereocenters. The van der Waals surface area contributed by atoms with Gasteiger partial charge in [-0.3, -0.25) is 4.79 Å². The van der Waals surface area contributed by atoms with Crippen molar-refractivity contribution in [2.45, 2.75) is 6.92 Å². The molecule has 0 radical (unpaired) electrons. The Hall–Kier alpha value is -2.69. The van der Waals surface area contributed by atoms with Crippen LogP contribution in [-0.2, 0) is 4.79 Å². The number of amides is 1. The van der Waals surface area contributed by atoms with Gasteiger partial charge in [0.15, 0.2) is 0 Å². The molecule has 3 aromatic rings. The van der Waals surface area contributed by atoms with Crippen molar-refractivity contribution in [3.63, 3.8) is 0 Å². The summed E-state index contributed by atoms with van der Waals surface area (Å²) < 4.78 is 13.1. The summed E-state index contributed by atoms with van der Waals surface area (Å²) >= 11 is 0. The Morgan fingerprint density at radius 2 is 2.15 bits per heavy atom. The summed E-state index contributed by atoms with van der Waals surface area (Å²) in [7, 11) is 0. The maximum atomic E-state index is 13.1. The molecule has 100 valence electrons. The van der Waals surface area contributed by atoms with Gasteiger partial charge in [0.1, 0.15) is 11.5 Å². The molecule has 3 rings (SSSR count). The lowest BCUT2D eigenvalue weighted by molar-refractivity contribution is -0.105. The van der Waals surface area contributed by atoms with E-state index in [4.69, 9.17) is 0 Å². The van der Waals surface area contributed by atoms with Crippen LogP contribution in [0.1, 0.15) is 5.56 Å². The number of fused-ring (bicyclic) bond motifs is 1. The van der Waals surface area contributed by atoms with Crippen molar-refractivity contribution >= 4 is 23.1 Å². The molecule has 0 spiro atoms. The molecule has 2 aromatic heterocycles. The minimum atomic E-state index is -0.252. The van der Waals surface area contributed by atoms with Crippen molar-refractivity contribution < 1.29 is 9.18 Å². The normalized spacial score (nSPS) is 10.7. The number of hydrogen-bond acceptors (Lipinski definition) is 2. The monoisotopic (exact) mass is 269 g/mol. The molecule has 0 saturated carbocycles. The van der Waals surface area contributed by atoms with E-state index in [0.717, 1.165) is 27.9 Å². The number of carbonyl (C=O) groups excluding carboxylic acids is 1. The van der Waals surface area contributed by atoms with E-state index in [1.165, 1.54) is 12.1 Å². The molecule has 5 heteroatoms. The number of aromatic amines is 1. The molecule has 0 saturated heterocycles. The van der Waals surface area contributed by atoms with Gasteiger partial charge >= 0.3 is 0 Å². The van der Waals surface area contributed by atoms with Crippen LogP contribution in [0.3, 0.4) is 0 Å². The van der Waals surface area contributed by atoms with Crippen molar-refractivity contribution in [2.24, 2.45) is 0 Å². The quantitative estimate of drug-likeness (QED) is 0.717. The highest BCUT2D eigenvalue weighted by atomic mass is 19.1. The lowest BCUT2D eigenvalue weighted by Gasteiger charge is -2.02. The highest BCUT2D eigenvalue weighted by Crippen LogP contribution is 2.27. The van der Waals surface area contributed by atoms with Gasteiger partial charge in [0, 0.05) is 16.6 Å². The molecule has 1 aromatic carbocycles. The van der Waals surface area contributed by atoms with Crippen LogP contribution in [0.25, 0.3) is 22.3 Å². The molecule has 4 nitrogen and oxygen atoms in total. The Bertz CT molecular complexity index is 795. The second-order valence-electron chi connectivity index (χ2n) is 4.57. The van der Waals surface area contributed by atoms with Crippen molar-refractivity contribution in [1.29, 1.82) is 0 Å². The van der Waals surface area contributed by atoms with E-state index >= 15 is 0 Å². The molecule has 0 aliphatic heterocycles. The maximum absolute atomic E-state index is 13.1. The van der Waals surface area contributed by atoms with E-state index < -0.39 is 0 Å². The highest BCUT2D eigenvalue weighted by Gasteiger charge is 2.08. The molecule has 0 unspecified atom stereocenters. The van der Waals surface area contributed by atoms with Crippen molar-refractivity contribution in [1.82, 2.24) is 9.97 Å². The predicted molar refractivity (Wildman–Crippen MR) is 75.9 cm³/mol. The first-order valence-electron chi connectivity index (χ1n) is 6.13. The predicted octanol–water partition coefficient (Wildman–Crippen LogP) is 3.25. The van der Waals surface area contributed by atoms with Crippen LogP contribution in [0.2, 0.25) is 0 Å². The van der Waals surface area contributed by atoms with Crippen LogP contribution >= 0.6 is 0 Å². The lowest BCUT2D eigenvalue weighted by atomic mass is 10.1. The number of nitrogens with one attached hydrogen (secondary N) is 2. The summed E-state index contributed by atoms with van der Waals surface area (Å²) in [5.74, 6) is -0.252. The van der Waals surface area contributed by atoms with Crippen LogP contribution < -0.4 is 5.32 Å². The van der Waals surface area contributed by atoms with Gasteiger partial charge in [-0.05, 0) is 42.8 Å². The number of hydrogen-bond donors (Lipinski definition) is 2. The smallest absolute Gasteiger partial charge is 0.211 e. The molecular formula is C15H12FN3O. The number of aryl methyl sites for hydroxylation is 1. The molecule has 0 fully saturated rings. The third kappa shape index (κ3) is 2.14. The number of benzene rings is 1. The van der Waals surface area contributed by atoms with Crippen molar-refractivity contribution in [2.75, 3.05) is 5.32 Å². The number of pyridine rings is 1. The van der Waals surface area contributed by atoms with Gasteiger partial charge in [-0.15, -0.1) is 0 Å². The summed E-state index contributed by atoms with van der Waals surface area (Å²) in [6.07, 6.45) is 2.19. The average molecular weight is 269 g/mol. The van der Waals surface area contributed by atoms with E-state index in [2.05, 4.69) is 15.3 Å². The SMILES string of the molecule is Cc1cc(F)ccc1-c1cc2cc(NC=O)cnc2[nH]1. The number of halogens is 1. The Morgan fingerprint density at radius 3 is 2.90 bits per heavy atom. The number of nitrogens with zero attached hydrogens (tertiary/aromatic N) is 1. The minimum Gasteiger partial charge on any atom is -0.339 e. The summed E-state index contributed by atoms with van der Waals surface area (Å²) in [6.45, 7) is 1.86. The zero-order valence-electron chi connectivity index (χ0n) is 10.8. The molecule has 2 N–H and O–H groups in total.